The van der Waals surface area contributed by atoms with Gasteiger partial charge in [0.05, 0.1) is 12.2 Å². The van der Waals surface area contributed by atoms with E-state index in [-0.39, 0.29) is 42.8 Å². The number of urea groups is 1. The Hall–Kier alpha value is -0.810. The van der Waals surface area contributed by atoms with Gasteiger partial charge in [-0.15, -0.1) is 0 Å². The van der Waals surface area contributed by atoms with Crippen molar-refractivity contribution in [1.29, 1.82) is 0 Å². The van der Waals surface area contributed by atoms with Crippen LogP contribution in [0.2, 0.25) is 0 Å². The average molecular weight is 284 g/mol. The van der Waals surface area contributed by atoms with Crippen molar-refractivity contribution in [3.05, 3.63) is 0 Å². The molecule has 5 heteroatoms. The number of ether oxygens (including phenoxy) is 1. The molecule has 4 unspecified atom stereocenters. The van der Waals surface area contributed by atoms with Crippen LogP contribution in [0, 0.1) is 5.92 Å². The van der Waals surface area contributed by atoms with Gasteiger partial charge in [0.2, 0.25) is 0 Å². The zero-order chi connectivity index (χ0) is 14.5. The summed E-state index contributed by atoms with van der Waals surface area (Å²) in [4.78, 5) is 12.1. The van der Waals surface area contributed by atoms with Crippen LogP contribution in [0.5, 0.6) is 0 Å². The lowest BCUT2D eigenvalue weighted by Crippen LogP contribution is -2.52. The molecule has 1 heterocycles. The lowest BCUT2D eigenvalue weighted by molar-refractivity contribution is -0.0402. The molecule has 1 aliphatic carbocycles. The van der Waals surface area contributed by atoms with Crippen LogP contribution in [0.3, 0.4) is 0 Å². The monoisotopic (exact) mass is 284 g/mol. The zero-order valence-electron chi connectivity index (χ0n) is 12.6. The van der Waals surface area contributed by atoms with Gasteiger partial charge in [0.1, 0.15) is 0 Å². The standard InChI is InChI=1S/C15H28N2O3/c1-10-7-13(8-11(2)20-10)16-15(19)17-14-6-4-3-5-12(14)9-18/h10-14,18H,3-9H2,1-2H3,(H2,16,17,19). The number of aliphatic hydroxyl groups is 1. The number of amides is 2. The summed E-state index contributed by atoms with van der Waals surface area (Å²) in [6, 6.07) is 0.204. The highest BCUT2D eigenvalue weighted by Gasteiger charge is 2.28. The quantitative estimate of drug-likeness (QED) is 0.740. The van der Waals surface area contributed by atoms with Gasteiger partial charge < -0.3 is 20.5 Å². The van der Waals surface area contributed by atoms with E-state index in [9.17, 15) is 9.90 Å². The van der Waals surface area contributed by atoms with Crippen LogP contribution < -0.4 is 10.6 Å². The molecule has 1 saturated carbocycles. The molecule has 0 aromatic rings. The largest absolute Gasteiger partial charge is 0.396 e. The highest BCUT2D eigenvalue weighted by atomic mass is 16.5. The maximum Gasteiger partial charge on any atom is 0.315 e. The van der Waals surface area contributed by atoms with Crippen molar-refractivity contribution in [2.45, 2.75) is 76.7 Å². The summed E-state index contributed by atoms with van der Waals surface area (Å²) in [5, 5.41) is 15.5. The van der Waals surface area contributed by atoms with Crippen LogP contribution in [0.15, 0.2) is 0 Å². The van der Waals surface area contributed by atoms with E-state index >= 15 is 0 Å². The van der Waals surface area contributed by atoms with E-state index in [0.717, 1.165) is 38.5 Å². The van der Waals surface area contributed by atoms with Gasteiger partial charge in [-0.25, -0.2) is 4.79 Å². The summed E-state index contributed by atoms with van der Waals surface area (Å²) in [5.74, 6) is 0.210. The summed E-state index contributed by atoms with van der Waals surface area (Å²) >= 11 is 0. The smallest absolute Gasteiger partial charge is 0.315 e. The third kappa shape index (κ3) is 4.35. The highest BCUT2D eigenvalue weighted by molar-refractivity contribution is 5.74. The first-order chi connectivity index (χ1) is 9.58. The summed E-state index contributed by atoms with van der Waals surface area (Å²) < 4.78 is 5.68. The molecule has 0 radical (unpaired) electrons. The Morgan fingerprint density at radius 1 is 1.15 bits per heavy atom. The van der Waals surface area contributed by atoms with Gasteiger partial charge in [0.25, 0.3) is 0 Å². The van der Waals surface area contributed by atoms with E-state index < -0.39 is 0 Å². The third-order valence-electron chi connectivity index (χ3n) is 4.49. The van der Waals surface area contributed by atoms with Gasteiger partial charge >= 0.3 is 6.03 Å². The summed E-state index contributed by atoms with van der Waals surface area (Å²) in [6.07, 6.45) is 6.39. The Kier molecular flexibility index (Phi) is 5.66. The highest BCUT2D eigenvalue weighted by Crippen LogP contribution is 2.24. The molecule has 2 amide bonds. The van der Waals surface area contributed by atoms with Crippen molar-refractivity contribution in [3.63, 3.8) is 0 Å². The van der Waals surface area contributed by atoms with E-state index in [0.29, 0.717) is 0 Å². The van der Waals surface area contributed by atoms with Crippen molar-refractivity contribution in [2.75, 3.05) is 6.61 Å². The number of rotatable bonds is 3. The third-order valence-corrected chi connectivity index (χ3v) is 4.49. The Bertz CT molecular complexity index is 314. The van der Waals surface area contributed by atoms with E-state index in [2.05, 4.69) is 10.6 Å². The SMILES string of the molecule is CC1CC(NC(=O)NC2CCCCC2CO)CC(C)O1. The molecule has 116 valence electrons. The second-order valence-corrected chi connectivity index (χ2v) is 6.38. The summed E-state index contributed by atoms with van der Waals surface area (Å²) in [7, 11) is 0. The van der Waals surface area contributed by atoms with Crippen molar-refractivity contribution in [1.82, 2.24) is 10.6 Å². The number of hydrogen-bond acceptors (Lipinski definition) is 3. The molecule has 4 atom stereocenters. The van der Waals surface area contributed by atoms with Gasteiger partial charge in [0, 0.05) is 24.6 Å². The van der Waals surface area contributed by atoms with Gasteiger partial charge in [-0.3, -0.25) is 0 Å². The predicted octanol–water partition coefficient (Wildman–Crippen LogP) is 1.79. The fraction of sp³-hybridized carbons (Fsp3) is 0.933. The van der Waals surface area contributed by atoms with Gasteiger partial charge in [0.15, 0.2) is 0 Å². The number of carbonyl (C=O) groups excluding carboxylic acids is 1. The molecule has 1 aliphatic heterocycles. The van der Waals surface area contributed by atoms with E-state index in [1.165, 1.54) is 0 Å². The zero-order valence-corrected chi connectivity index (χ0v) is 12.6. The first kappa shape index (κ1) is 15.6. The molecular weight excluding hydrogens is 256 g/mol. The number of carbonyl (C=O) groups is 1. The Morgan fingerprint density at radius 2 is 1.80 bits per heavy atom. The molecule has 0 aromatic carbocycles. The number of aliphatic hydroxyl groups excluding tert-OH is 1. The number of nitrogens with one attached hydrogen (secondary N) is 2. The normalized spacial score (nSPS) is 38.2. The summed E-state index contributed by atoms with van der Waals surface area (Å²) in [5.41, 5.74) is 0. The Labute approximate surface area is 121 Å². The molecule has 0 spiro atoms. The molecule has 1 saturated heterocycles. The topological polar surface area (TPSA) is 70.6 Å². The fourth-order valence-electron chi connectivity index (χ4n) is 3.53. The predicted molar refractivity (Wildman–Crippen MR) is 77.5 cm³/mol. The minimum atomic E-state index is -0.0957. The van der Waals surface area contributed by atoms with Gasteiger partial charge in [-0.05, 0) is 39.5 Å². The lowest BCUT2D eigenvalue weighted by Gasteiger charge is -2.34. The molecule has 0 bridgehead atoms. The minimum absolute atomic E-state index is 0.0957. The van der Waals surface area contributed by atoms with Crippen molar-refractivity contribution >= 4 is 6.03 Å². The van der Waals surface area contributed by atoms with Crippen LogP contribution in [-0.4, -0.2) is 42.0 Å². The van der Waals surface area contributed by atoms with E-state index in [1.807, 2.05) is 13.8 Å². The second-order valence-electron chi connectivity index (χ2n) is 6.38. The molecule has 20 heavy (non-hydrogen) atoms. The fourth-order valence-corrected chi connectivity index (χ4v) is 3.53. The average Bonchev–Trinajstić information content (AvgIpc) is 2.37. The maximum atomic E-state index is 12.1. The van der Waals surface area contributed by atoms with Gasteiger partial charge in [-0.1, -0.05) is 12.8 Å². The van der Waals surface area contributed by atoms with Crippen LogP contribution in [0.25, 0.3) is 0 Å². The molecule has 5 nitrogen and oxygen atoms in total. The van der Waals surface area contributed by atoms with Gasteiger partial charge in [-0.2, -0.15) is 0 Å². The molecule has 0 aromatic heterocycles. The summed E-state index contributed by atoms with van der Waals surface area (Å²) in [6.45, 7) is 4.26. The first-order valence-corrected chi connectivity index (χ1v) is 7.91. The maximum absolute atomic E-state index is 12.1. The second kappa shape index (κ2) is 7.27. The molecule has 2 aliphatic rings. The molecular formula is C15H28N2O3. The lowest BCUT2D eigenvalue weighted by atomic mass is 9.85. The Balaban J connectivity index is 1.79. The van der Waals surface area contributed by atoms with Crippen molar-refractivity contribution in [3.8, 4) is 0 Å². The molecule has 2 fully saturated rings. The first-order valence-electron chi connectivity index (χ1n) is 7.91. The van der Waals surface area contributed by atoms with Crippen molar-refractivity contribution < 1.29 is 14.6 Å². The number of hydrogen-bond donors (Lipinski definition) is 3. The Morgan fingerprint density at radius 3 is 2.45 bits per heavy atom. The van der Waals surface area contributed by atoms with Crippen LogP contribution in [0.4, 0.5) is 4.79 Å². The van der Waals surface area contributed by atoms with Crippen LogP contribution in [0.1, 0.15) is 52.4 Å². The van der Waals surface area contributed by atoms with Crippen LogP contribution in [-0.2, 0) is 4.74 Å². The van der Waals surface area contributed by atoms with Crippen molar-refractivity contribution in [2.24, 2.45) is 5.92 Å². The van der Waals surface area contributed by atoms with E-state index in [1.54, 1.807) is 0 Å². The van der Waals surface area contributed by atoms with E-state index in [4.69, 9.17) is 4.74 Å². The minimum Gasteiger partial charge on any atom is -0.396 e. The molecule has 3 N–H and O–H groups in total. The van der Waals surface area contributed by atoms with Crippen LogP contribution >= 0.6 is 0 Å². The molecule has 2 rings (SSSR count).